The summed E-state index contributed by atoms with van der Waals surface area (Å²) in [5.74, 6) is -0.194. The van der Waals surface area contributed by atoms with Crippen molar-refractivity contribution in [2.24, 2.45) is 0 Å². The van der Waals surface area contributed by atoms with Gasteiger partial charge in [-0.15, -0.1) is 11.3 Å². The van der Waals surface area contributed by atoms with Gasteiger partial charge < -0.3 is 15.5 Å². The minimum absolute atomic E-state index is 0.104. The Morgan fingerprint density at radius 1 is 0.933 bits per heavy atom. The highest BCUT2D eigenvalue weighted by Crippen LogP contribution is 2.25. The molecule has 0 spiro atoms. The lowest BCUT2D eigenvalue weighted by atomic mass is 10.1. The molecule has 0 bridgehead atoms. The van der Waals surface area contributed by atoms with Gasteiger partial charge in [-0.25, -0.2) is 0 Å². The fourth-order valence-corrected chi connectivity index (χ4v) is 5.05. The van der Waals surface area contributed by atoms with Gasteiger partial charge in [-0.05, 0) is 68.5 Å². The summed E-state index contributed by atoms with van der Waals surface area (Å²) >= 11 is 7.16. The number of benzene rings is 1. The van der Waals surface area contributed by atoms with Gasteiger partial charge in [-0.2, -0.15) is 0 Å². The fourth-order valence-electron chi connectivity index (χ4n) is 4.10. The molecule has 2 heterocycles. The van der Waals surface area contributed by atoms with Gasteiger partial charge in [0.2, 0.25) is 5.91 Å². The Morgan fingerprint density at radius 3 is 2.27 bits per heavy atom. The summed E-state index contributed by atoms with van der Waals surface area (Å²) in [6, 6.07) is 10.4. The Morgan fingerprint density at radius 2 is 1.63 bits per heavy atom. The number of carbonyl (C=O) groups excluding carboxylic acids is 3. The van der Waals surface area contributed by atoms with Crippen LogP contribution in [0.1, 0.15) is 58.6 Å². The van der Waals surface area contributed by atoms with Crippen LogP contribution in [0.4, 0.5) is 5.69 Å². The smallest absolute Gasteiger partial charge is 0.261 e. The molecule has 1 aliphatic heterocycles. The number of hydrogen-bond donors (Lipinski definition) is 2. The number of rotatable bonds is 5. The number of anilines is 1. The Balaban J connectivity index is 1.36. The topological polar surface area (TPSA) is 78.5 Å². The predicted molar refractivity (Wildman–Crippen MR) is 118 cm³/mol. The van der Waals surface area contributed by atoms with Crippen molar-refractivity contribution in [1.82, 2.24) is 10.6 Å². The molecule has 30 heavy (non-hydrogen) atoms. The summed E-state index contributed by atoms with van der Waals surface area (Å²) in [5.41, 5.74) is 1.38. The lowest BCUT2D eigenvalue weighted by molar-refractivity contribution is -0.119. The highest BCUT2D eigenvalue weighted by Gasteiger charge is 2.30. The predicted octanol–water partition coefficient (Wildman–Crippen LogP) is 4.00. The lowest BCUT2D eigenvalue weighted by Gasteiger charge is -2.27. The van der Waals surface area contributed by atoms with Crippen LogP contribution in [0.5, 0.6) is 0 Å². The van der Waals surface area contributed by atoms with Crippen LogP contribution >= 0.6 is 22.9 Å². The average Bonchev–Trinajstić information content (AvgIpc) is 3.37. The number of halogens is 1. The molecule has 4 rings (SSSR count). The van der Waals surface area contributed by atoms with Crippen LogP contribution in [0, 0.1) is 0 Å². The second-order valence-corrected chi connectivity index (χ2v) is 9.46. The van der Waals surface area contributed by atoms with Crippen molar-refractivity contribution >= 4 is 46.3 Å². The van der Waals surface area contributed by atoms with E-state index in [2.05, 4.69) is 10.6 Å². The molecular formula is C22H24ClN3O3S. The molecule has 6 nitrogen and oxygen atoms in total. The number of hydrogen-bond acceptors (Lipinski definition) is 4. The van der Waals surface area contributed by atoms with E-state index in [0.717, 1.165) is 44.3 Å². The van der Waals surface area contributed by atoms with E-state index in [1.807, 2.05) is 12.1 Å². The van der Waals surface area contributed by atoms with Crippen molar-refractivity contribution in [3.8, 4) is 0 Å². The summed E-state index contributed by atoms with van der Waals surface area (Å²) in [5, 5.41) is 6.08. The van der Waals surface area contributed by atoms with Crippen molar-refractivity contribution in [2.75, 3.05) is 11.4 Å². The monoisotopic (exact) mass is 445 g/mol. The Kier molecular flexibility index (Phi) is 6.39. The van der Waals surface area contributed by atoms with Crippen LogP contribution in [-0.2, 0) is 4.79 Å². The zero-order valence-corrected chi connectivity index (χ0v) is 18.1. The molecule has 2 aliphatic rings. The Hall–Kier alpha value is -2.38. The van der Waals surface area contributed by atoms with Gasteiger partial charge >= 0.3 is 0 Å². The molecule has 3 amide bonds. The first kappa shape index (κ1) is 20.9. The highest BCUT2D eigenvalue weighted by atomic mass is 35.5. The minimum Gasteiger partial charge on any atom is -0.347 e. The number of piperidine rings is 1. The van der Waals surface area contributed by atoms with Gasteiger partial charge in [0, 0.05) is 36.3 Å². The van der Waals surface area contributed by atoms with Gasteiger partial charge in [0.25, 0.3) is 11.8 Å². The molecule has 1 aromatic heterocycles. The molecule has 2 N–H and O–H groups in total. The summed E-state index contributed by atoms with van der Waals surface area (Å²) in [6.45, 7) is 0.725. The molecule has 0 radical (unpaired) electrons. The highest BCUT2D eigenvalue weighted by molar-refractivity contribution is 7.18. The van der Waals surface area contributed by atoms with Gasteiger partial charge in [-0.3, -0.25) is 14.4 Å². The molecule has 1 aliphatic carbocycles. The van der Waals surface area contributed by atoms with Gasteiger partial charge in [-0.1, -0.05) is 11.6 Å². The first-order chi connectivity index (χ1) is 14.5. The van der Waals surface area contributed by atoms with E-state index in [4.69, 9.17) is 11.6 Å². The second-order valence-electron chi connectivity index (χ2n) is 7.74. The summed E-state index contributed by atoms with van der Waals surface area (Å²) < 4.78 is 0.575. The van der Waals surface area contributed by atoms with Crippen LogP contribution in [0.25, 0.3) is 0 Å². The van der Waals surface area contributed by atoms with E-state index >= 15 is 0 Å². The van der Waals surface area contributed by atoms with E-state index < -0.39 is 0 Å². The summed E-state index contributed by atoms with van der Waals surface area (Å²) in [4.78, 5) is 39.6. The third-order valence-corrected chi connectivity index (χ3v) is 6.94. The quantitative estimate of drug-likeness (QED) is 0.730. The zero-order chi connectivity index (χ0) is 21.1. The van der Waals surface area contributed by atoms with Crippen LogP contribution in [-0.4, -0.2) is 36.3 Å². The molecule has 2 fully saturated rings. The zero-order valence-electron chi connectivity index (χ0n) is 16.5. The molecule has 2 unspecified atom stereocenters. The average molecular weight is 446 g/mol. The SMILES string of the molecule is O=C(NC1CCCC1NC(=O)c1ccc(Cl)s1)c1ccc(N2CCCCC2=O)cc1. The fraction of sp³-hybridized carbons (Fsp3) is 0.409. The van der Waals surface area contributed by atoms with E-state index in [-0.39, 0.29) is 29.8 Å². The Labute approximate surface area is 184 Å². The van der Waals surface area contributed by atoms with Gasteiger partial charge in [0.05, 0.1) is 9.21 Å². The van der Waals surface area contributed by atoms with E-state index in [1.165, 1.54) is 11.3 Å². The van der Waals surface area contributed by atoms with E-state index in [9.17, 15) is 14.4 Å². The van der Waals surface area contributed by atoms with Crippen molar-refractivity contribution in [3.63, 3.8) is 0 Å². The van der Waals surface area contributed by atoms with Crippen LogP contribution in [0.3, 0.4) is 0 Å². The largest absolute Gasteiger partial charge is 0.347 e. The number of nitrogens with zero attached hydrogens (tertiary/aromatic N) is 1. The number of amides is 3. The van der Waals surface area contributed by atoms with Crippen molar-refractivity contribution in [3.05, 3.63) is 51.2 Å². The van der Waals surface area contributed by atoms with Crippen molar-refractivity contribution in [2.45, 2.75) is 50.6 Å². The molecule has 2 aromatic rings. The van der Waals surface area contributed by atoms with Crippen molar-refractivity contribution in [1.29, 1.82) is 0 Å². The maximum atomic E-state index is 12.7. The standard InChI is InChI=1S/C22H24ClN3O3S/c23-19-12-11-18(30-19)22(29)25-17-5-3-4-16(17)24-21(28)14-7-9-15(10-8-14)26-13-2-1-6-20(26)27/h7-12,16-17H,1-6,13H2,(H,24,28)(H,25,29). The molecule has 2 atom stereocenters. The third-order valence-electron chi connectivity index (χ3n) is 5.71. The molecule has 1 saturated heterocycles. The maximum absolute atomic E-state index is 12.7. The van der Waals surface area contributed by atoms with E-state index in [0.29, 0.717) is 21.2 Å². The maximum Gasteiger partial charge on any atom is 0.261 e. The molecular weight excluding hydrogens is 422 g/mol. The van der Waals surface area contributed by atoms with Gasteiger partial charge in [0.15, 0.2) is 0 Å². The molecule has 8 heteroatoms. The summed E-state index contributed by atoms with van der Waals surface area (Å²) in [7, 11) is 0. The lowest BCUT2D eigenvalue weighted by Crippen LogP contribution is -2.48. The minimum atomic E-state index is -0.170. The van der Waals surface area contributed by atoms with Crippen molar-refractivity contribution < 1.29 is 14.4 Å². The number of carbonyl (C=O) groups is 3. The van der Waals surface area contributed by atoms with E-state index in [1.54, 1.807) is 29.2 Å². The third kappa shape index (κ3) is 4.68. The molecule has 1 aromatic carbocycles. The normalized spacial score (nSPS) is 21.5. The van der Waals surface area contributed by atoms with Crippen LogP contribution in [0.2, 0.25) is 4.34 Å². The van der Waals surface area contributed by atoms with Gasteiger partial charge in [0.1, 0.15) is 0 Å². The van der Waals surface area contributed by atoms with Crippen LogP contribution in [0.15, 0.2) is 36.4 Å². The van der Waals surface area contributed by atoms with Crippen LogP contribution < -0.4 is 15.5 Å². The molecule has 158 valence electrons. The first-order valence-corrected chi connectivity index (χ1v) is 11.5. The number of nitrogens with one attached hydrogen (secondary N) is 2. The first-order valence-electron chi connectivity index (χ1n) is 10.3. The number of thiophene rings is 1. The summed E-state index contributed by atoms with van der Waals surface area (Å²) in [6.07, 6.45) is 5.11. The Bertz CT molecular complexity index is 943. The second kappa shape index (κ2) is 9.18. The molecule has 1 saturated carbocycles.